The largest absolute Gasteiger partial charge is 0.585 e. The van der Waals surface area contributed by atoms with E-state index >= 15 is 0 Å². The predicted molar refractivity (Wildman–Crippen MR) is 106 cm³/mol. The van der Waals surface area contributed by atoms with Gasteiger partial charge in [0.15, 0.2) is 0 Å². The van der Waals surface area contributed by atoms with Gasteiger partial charge >= 0.3 is 5.09 Å². The second-order valence-corrected chi connectivity index (χ2v) is 8.07. The number of aromatic nitrogens is 2. The van der Waals surface area contributed by atoms with Crippen LogP contribution in [0.4, 0.5) is 5.69 Å². The number of rotatable bonds is 6. The molecule has 1 unspecified atom stereocenters. The molecule has 0 radical (unpaired) electrons. The van der Waals surface area contributed by atoms with E-state index in [2.05, 4.69) is 14.9 Å². The zero-order valence-corrected chi connectivity index (χ0v) is 15.8. The summed E-state index contributed by atoms with van der Waals surface area (Å²) in [6, 6.07) is 16.7. The Morgan fingerprint density at radius 3 is 2.88 bits per heavy atom. The van der Waals surface area contributed by atoms with Crippen LogP contribution in [0.25, 0.3) is 11.0 Å². The van der Waals surface area contributed by atoms with Gasteiger partial charge in [0.05, 0.1) is 11.4 Å². The smallest absolute Gasteiger partial charge is 0.339 e. The third-order valence-electron chi connectivity index (χ3n) is 3.66. The molecule has 0 saturated carbocycles. The Hall–Kier alpha value is -2.06. The summed E-state index contributed by atoms with van der Waals surface area (Å²) in [6.07, 6.45) is 1.79. The Bertz CT molecular complexity index is 987. The van der Waals surface area contributed by atoms with Crippen LogP contribution in [-0.2, 0) is 17.1 Å². The van der Waals surface area contributed by atoms with Crippen molar-refractivity contribution in [3.8, 4) is 0 Å². The molecule has 0 aliphatic rings. The highest BCUT2D eigenvalue weighted by Crippen LogP contribution is 2.34. The number of nitrogens with zero attached hydrogens (tertiary/aromatic N) is 1. The lowest BCUT2D eigenvalue weighted by molar-refractivity contribution is 0.484. The summed E-state index contributed by atoms with van der Waals surface area (Å²) in [4.78, 5) is 0.932. The highest BCUT2D eigenvalue weighted by molar-refractivity contribution is 7.98. The van der Waals surface area contributed by atoms with Gasteiger partial charge in [-0.15, -0.1) is 11.8 Å². The first-order valence-electron chi connectivity index (χ1n) is 7.77. The summed E-state index contributed by atoms with van der Waals surface area (Å²) >= 11 is 6.17. The van der Waals surface area contributed by atoms with E-state index in [1.54, 1.807) is 30.1 Å². The highest BCUT2D eigenvalue weighted by Gasteiger charge is 2.20. The van der Waals surface area contributed by atoms with Gasteiger partial charge in [-0.2, -0.15) is 9.82 Å². The second-order valence-electron chi connectivity index (χ2n) is 5.47. The third-order valence-corrected chi connectivity index (χ3v) is 5.98. The molecule has 0 aliphatic carbocycles. The number of para-hydroxylation sites is 1. The van der Waals surface area contributed by atoms with Crippen molar-refractivity contribution < 1.29 is 8.97 Å². The summed E-state index contributed by atoms with van der Waals surface area (Å²) in [7, 11) is 0. The van der Waals surface area contributed by atoms with Gasteiger partial charge in [-0.05, 0) is 30.3 Å². The SMILES string of the molecule is [O-][S+](Nc1cc(Cl)ccc1SCc1cc[nH]n1)c1cc2ccccc2o1. The van der Waals surface area contributed by atoms with Crippen LogP contribution in [0.1, 0.15) is 5.69 Å². The third kappa shape index (κ3) is 3.86. The van der Waals surface area contributed by atoms with Gasteiger partial charge in [0.1, 0.15) is 16.9 Å². The summed E-state index contributed by atoms with van der Waals surface area (Å²) < 4.78 is 21.4. The van der Waals surface area contributed by atoms with Crippen LogP contribution in [0, 0.1) is 0 Å². The molecule has 2 N–H and O–H groups in total. The number of aromatic amines is 1. The highest BCUT2D eigenvalue weighted by atomic mass is 35.5. The molecule has 5 nitrogen and oxygen atoms in total. The van der Waals surface area contributed by atoms with Crippen molar-refractivity contribution >= 4 is 51.4 Å². The van der Waals surface area contributed by atoms with Crippen LogP contribution in [0.15, 0.2) is 75.2 Å². The molecule has 0 bridgehead atoms. The Balaban J connectivity index is 1.55. The van der Waals surface area contributed by atoms with Crippen LogP contribution in [0.3, 0.4) is 0 Å². The molecule has 0 amide bonds. The van der Waals surface area contributed by atoms with Crippen LogP contribution in [0.2, 0.25) is 5.02 Å². The molecule has 4 rings (SSSR count). The van der Waals surface area contributed by atoms with Gasteiger partial charge in [0.2, 0.25) is 0 Å². The predicted octanol–water partition coefficient (Wildman–Crippen LogP) is 5.24. The van der Waals surface area contributed by atoms with Gasteiger partial charge in [0.25, 0.3) is 0 Å². The molecule has 0 saturated heterocycles. The molecular formula is C18H14ClN3O2S2. The van der Waals surface area contributed by atoms with Crippen molar-refractivity contribution in [2.24, 2.45) is 0 Å². The van der Waals surface area contributed by atoms with Gasteiger partial charge in [-0.3, -0.25) is 5.10 Å². The van der Waals surface area contributed by atoms with E-state index in [0.29, 0.717) is 27.1 Å². The maximum atomic E-state index is 12.7. The Kier molecular flexibility index (Phi) is 5.12. The lowest BCUT2D eigenvalue weighted by Gasteiger charge is -2.12. The van der Waals surface area contributed by atoms with Crippen LogP contribution >= 0.6 is 23.4 Å². The monoisotopic (exact) mass is 403 g/mol. The lowest BCUT2D eigenvalue weighted by Crippen LogP contribution is -2.12. The number of fused-ring (bicyclic) bond motifs is 1. The average molecular weight is 404 g/mol. The normalized spacial score (nSPS) is 12.4. The van der Waals surface area contributed by atoms with E-state index < -0.39 is 11.4 Å². The fourth-order valence-electron chi connectivity index (χ4n) is 2.43. The average Bonchev–Trinajstić information content (AvgIpc) is 3.30. The minimum Gasteiger partial charge on any atom is -0.585 e. The second kappa shape index (κ2) is 7.67. The van der Waals surface area contributed by atoms with Crippen LogP contribution < -0.4 is 4.72 Å². The van der Waals surface area contributed by atoms with Crippen molar-refractivity contribution in [1.29, 1.82) is 0 Å². The molecule has 132 valence electrons. The maximum Gasteiger partial charge on any atom is 0.339 e. The topological polar surface area (TPSA) is 76.9 Å². The van der Waals surface area contributed by atoms with Crippen molar-refractivity contribution in [2.75, 3.05) is 4.72 Å². The number of anilines is 1. The van der Waals surface area contributed by atoms with Gasteiger partial charge in [-0.1, -0.05) is 29.8 Å². The Morgan fingerprint density at radius 2 is 2.08 bits per heavy atom. The lowest BCUT2D eigenvalue weighted by atomic mass is 10.3. The van der Waals surface area contributed by atoms with Gasteiger partial charge in [0, 0.05) is 33.3 Å². The molecule has 8 heteroatoms. The fourth-order valence-corrected chi connectivity index (χ4v) is 4.43. The molecule has 26 heavy (non-hydrogen) atoms. The fraction of sp³-hybridized carbons (Fsp3) is 0.0556. The van der Waals surface area contributed by atoms with Crippen molar-refractivity contribution in [2.45, 2.75) is 15.7 Å². The number of benzene rings is 2. The van der Waals surface area contributed by atoms with E-state index in [-0.39, 0.29) is 0 Å². The van der Waals surface area contributed by atoms with Crippen molar-refractivity contribution in [3.63, 3.8) is 0 Å². The van der Waals surface area contributed by atoms with Gasteiger partial charge < -0.3 is 8.97 Å². The first-order chi connectivity index (χ1) is 12.7. The number of hydrogen-bond donors (Lipinski definition) is 2. The van der Waals surface area contributed by atoms with E-state index in [4.69, 9.17) is 16.0 Å². The van der Waals surface area contributed by atoms with Crippen LogP contribution in [0.5, 0.6) is 0 Å². The van der Waals surface area contributed by atoms with E-state index in [0.717, 1.165) is 16.0 Å². The molecule has 0 aliphatic heterocycles. The van der Waals surface area contributed by atoms with E-state index in [9.17, 15) is 4.55 Å². The van der Waals surface area contributed by atoms with Crippen LogP contribution in [-0.4, -0.2) is 14.8 Å². The molecule has 2 aromatic carbocycles. The van der Waals surface area contributed by atoms with Gasteiger partial charge in [-0.25, -0.2) is 0 Å². The molecule has 0 spiro atoms. The molecule has 4 aromatic rings. The summed E-state index contributed by atoms with van der Waals surface area (Å²) in [5, 5.41) is 8.79. The first-order valence-corrected chi connectivity index (χ1v) is 10.3. The maximum absolute atomic E-state index is 12.7. The molecule has 0 fully saturated rings. The van der Waals surface area contributed by atoms with E-state index in [1.165, 1.54) is 0 Å². The molecular weight excluding hydrogens is 390 g/mol. The van der Waals surface area contributed by atoms with E-state index in [1.807, 2.05) is 42.5 Å². The quantitative estimate of drug-likeness (QED) is 0.340. The standard InChI is InChI=1S/C18H14ClN3O2S2/c19-13-5-6-17(25-11-14-7-8-20-21-14)15(10-13)22-26(23)18-9-12-3-1-2-4-16(12)24-18/h1-10,22H,11H2,(H,20,21). The zero-order chi connectivity index (χ0) is 17.9. The Morgan fingerprint density at radius 1 is 1.19 bits per heavy atom. The van der Waals surface area contributed by atoms with Crippen molar-refractivity contribution in [1.82, 2.24) is 10.2 Å². The number of H-pyrrole nitrogens is 1. The minimum atomic E-state index is -1.54. The first kappa shape index (κ1) is 17.4. The zero-order valence-electron chi connectivity index (χ0n) is 13.4. The molecule has 2 aromatic heterocycles. The molecule has 1 atom stereocenters. The molecule has 2 heterocycles. The number of hydrogen-bond acceptors (Lipinski definition) is 5. The number of furan rings is 1. The summed E-state index contributed by atoms with van der Waals surface area (Å²) in [6.45, 7) is 0. The minimum absolute atomic E-state index is 0.370. The number of halogens is 1. The number of thioether (sulfide) groups is 1. The summed E-state index contributed by atoms with van der Waals surface area (Å²) in [5.41, 5.74) is 2.34. The summed E-state index contributed by atoms with van der Waals surface area (Å²) in [5.74, 6) is 0.692. The Labute approximate surface area is 162 Å². The van der Waals surface area contributed by atoms with Crippen molar-refractivity contribution in [3.05, 3.63) is 71.5 Å². The number of nitrogens with one attached hydrogen (secondary N) is 2.